The van der Waals surface area contributed by atoms with Gasteiger partial charge in [0.2, 0.25) is 0 Å². The van der Waals surface area contributed by atoms with E-state index >= 15 is 0 Å². The van der Waals surface area contributed by atoms with Gasteiger partial charge in [0.15, 0.2) is 4.32 Å². The van der Waals surface area contributed by atoms with Gasteiger partial charge in [-0.1, -0.05) is 29.4 Å². The average molecular weight is 367 g/mol. The van der Waals surface area contributed by atoms with Gasteiger partial charge >= 0.3 is 0 Å². The molecule has 1 aliphatic rings. The Bertz CT molecular complexity index is 820. The van der Waals surface area contributed by atoms with Crippen molar-refractivity contribution < 1.29 is 9.18 Å². The first-order valence-electron chi connectivity index (χ1n) is 6.77. The van der Waals surface area contributed by atoms with Crippen molar-refractivity contribution >= 4 is 51.9 Å². The Morgan fingerprint density at radius 2 is 1.87 bits per heavy atom. The zero-order valence-electron chi connectivity index (χ0n) is 12.3. The predicted octanol–water partition coefficient (Wildman–Crippen LogP) is 4.43. The van der Waals surface area contributed by atoms with Crippen LogP contribution < -0.4 is 5.01 Å². The molecule has 1 aromatic heterocycles. The molecule has 0 radical (unpaired) electrons. The van der Waals surface area contributed by atoms with Gasteiger partial charge < -0.3 is 0 Å². The molecule has 0 N–H and O–H groups in total. The number of nitrogens with zero attached hydrogens (tertiary/aromatic N) is 2. The van der Waals surface area contributed by atoms with Gasteiger partial charge in [0.1, 0.15) is 5.82 Å². The predicted molar refractivity (Wildman–Crippen MR) is 96.7 cm³/mol. The van der Waals surface area contributed by atoms with Crippen LogP contribution >= 0.6 is 35.6 Å². The third-order valence-corrected chi connectivity index (χ3v) is 5.09. The van der Waals surface area contributed by atoms with E-state index in [-0.39, 0.29) is 16.5 Å². The summed E-state index contributed by atoms with van der Waals surface area (Å²) in [6.45, 7) is 3.78. The van der Waals surface area contributed by atoms with Crippen LogP contribution in [0.15, 0.2) is 35.2 Å². The van der Waals surface area contributed by atoms with Crippen LogP contribution in [-0.2, 0) is 4.79 Å². The molecule has 1 fully saturated rings. The number of benzene rings is 1. The van der Waals surface area contributed by atoms with E-state index in [2.05, 4.69) is 0 Å². The molecule has 1 aromatic carbocycles. The standard InChI is InChI=1S/C16H12ClFN2OS2/c1-9-6-7-10(2)19(9)20-15(21)14(23-16(20)22)8-11-12(17)4-3-5-13(11)18/h3-8H,1-2H3/b14-8-. The van der Waals surface area contributed by atoms with Crippen molar-refractivity contribution in [2.24, 2.45) is 0 Å². The van der Waals surface area contributed by atoms with Gasteiger partial charge in [-0.2, -0.15) is 5.01 Å². The number of aryl methyl sites for hydroxylation is 2. The molecule has 1 amide bonds. The molecule has 0 unspecified atom stereocenters. The molecule has 0 spiro atoms. The van der Waals surface area contributed by atoms with Crippen molar-refractivity contribution in [2.75, 3.05) is 5.01 Å². The van der Waals surface area contributed by atoms with Crippen molar-refractivity contribution in [1.82, 2.24) is 4.68 Å². The number of amides is 1. The summed E-state index contributed by atoms with van der Waals surface area (Å²) in [5.41, 5.74) is 1.98. The minimum atomic E-state index is -0.476. The maximum atomic E-state index is 13.9. The largest absolute Gasteiger partial charge is 0.285 e. The van der Waals surface area contributed by atoms with Gasteiger partial charge in [0.05, 0.1) is 9.93 Å². The lowest BCUT2D eigenvalue weighted by atomic mass is 10.2. The van der Waals surface area contributed by atoms with Crippen molar-refractivity contribution in [3.8, 4) is 0 Å². The molecule has 3 rings (SSSR count). The van der Waals surface area contributed by atoms with Crippen LogP contribution in [0.25, 0.3) is 6.08 Å². The molecule has 0 saturated carbocycles. The topological polar surface area (TPSA) is 25.2 Å². The van der Waals surface area contributed by atoms with Crippen LogP contribution in [0.4, 0.5) is 4.39 Å². The van der Waals surface area contributed by atoms with E-state index in [0.717, 1.165) is 23.1 Å². The van der Waals surface area contributed by atoms with E-state index in [1.54, 1.807) is 10.7 Å². The van der Waals surface area contributed by atoms with Crippen LogP contribution in [0, 0.1) is 19.7 Å². The fraction of sp³-hybridized carbons (Fsp3) is 0.125. The summed E-state index contributed by atoms with van der Waals surface area (Å²) in [7, 11) is 0. The Hall–Kier alpha value is -1.63. The molecule has 23 heavy (non-hydrogen) atoms. The summed E-state index contributed by atoms with van der Waals surface area (Å²) >= 11 is 12.5. The fourth-order valence-corrected chi connectivity index (χ4v) is 3.83. The normalized spacial score (nSPS) is 16.7. The number of carbonyl (C=O) groups excluding carboxylic acids is 1. The van der Waals surface area contributed by atoms with E-state index in [0.29, 0.717) is 9.23 Å². The Kier molecular flexibility index (Phi) is 4.31. The van der Waals surface area contributed by atoms with Crippen molar-refractivity contribution in [2.45, 2.75) is 13.8 Å². The molecule has 2 aromatic rings. The van der Waals surface area contributed by atoms with Crippen molar-refractivity contribution in [3.05, 3.63) is 63.0 Å². The van der Waals surface area contributed by atoms with Gasteiger partial charge in [-0.25, -0.2) is 4.39 Å². The summed E-state index contributed by atoms with van der Waals surface area (Å²) in [5, 5.41) is 1.68. The first-order valence-corrected chi connectivity index (χ1v) is 8.37. The highest BCUT2D eigenvalue weighted by atomic mass is 35.5. The first-order chi connectivity index (χ1) is 10.9. The molecule has 2 heterocycles. The molecule has 3 nitrogen and oxygen atoms in total. The number of hydrogen-bond acceptors (Lipinski definition) is 3. The second kappa shape index (κ2) is 6.11. The minimum Gasteiger partial charge on any atom is -0.266 e. The Morgan fingerprint density at radius 1 is 1.22 bits per heavy atom. The molecular weight excluding hydrogens is 355 g/mol. The lowest BCUT2D eigenvalue weighted by Crippen LogP contribution is -2.39. The third kappa shape index (κ3) is 2.82. The second-order valence-electron chi connectivity index (χ2n) is 5.06. The summed E-state index contributed by atoms with van der Waals surface area (Å²) in [6.07, 6.45) is 1.45. The number of aromatic nitrogens is 1. The quantitative estimate of drug-likeness (QED) is 0.580. The summed E-state index contributed by atoms with van der Waals surface area (Å²) < 4.78 is 16.1. The fourth-order valence-electron chi connectivity index (χ4n) is 2.39. The molecule has 0 aliphatic carbocycles. The molecular formula is C16H12ClFN2OS2. The lowest BCUT2D eigenvalue weighted by molar-refractivity contribution is -0.114. The van der Waals surface area contributed by atoms with Gasteiger partial charge in [0.25, 0.3) is 5.91 Å². The number of rotatable bonds is 2. The van der Waals surface area contributed by atoms with Crippen LogP contribution in [0.5, 0.6) is 0 Å². The summed E-state index contributed by atoms with van der Waals surface area (Å²) in [4.78, 5) is 13.1. The number of thioether (sulfide) groups is 1. The van der Waals surface area contributed by atoms with E-state index in [1.165, 1.54) is 23.2 Å². The molecule has 0 atom stereocenters. The van der Waals surface area contributed by atoms with Crippen LogP contribution in [0.2, 0.25) is 5.02 Å². The number of thiocarbonyl (C=S) groups is 1. The third-order valence-electron chi connectivity index (χ3n) is 3.48. The second-order valence-corrected chi connectivity index (χ2v) is 7.14. The monoisotopic (exact) mass is 366 g/mol. The van der Waals surface area contributed by atoms with Crippen molar-refractivity contribution in [1.29, 1.82) is 0 Å². The van der Waals surface area contributed by atoms with E-state index < -0.39 is 5.82 Å². The molecule has 7 heteroatoms. The highest BCUT2D eigenvalue weighted by Crippen LogP contribution is 2.34. The Labute approximate surface area is 147 Å². The van der Waals surface area contributed by atoms with E-state index in [1.807, 2.05) is 26.0 Å². The number of halogens is 2. The molecule has 0 bridgehead atoms. The first kappa shape index (κ1) is 16.2. The van der Waals surface area contributed by atoms with Crippen LogP contribution in [-0.4, -0.2) is 14.9 Å². The van der Waals surface area contributed by atoms with Crippen molar-refractivity contribution in [3.63, 3.8) is 0 Å². The Morgan fingerprint density at radius 3 is 2.48 bits per heavy atom. The highest BCUT2D eigenvalue weighted by Gasteiger charge is 2.35. The van der Waals surface area contributed by atoms with Gasteiger partial charge in [-0.05, 0) is 56.4 Å². The molecule has 1 saturated heterocycles. The van der Waals surface area contributed by atoms with Gasteiger partial charge in [-0.3, -0.25) is 9.47 Å². The van der Waals surface area contributed by atoms with Crippen LogP contribution in [0.1, 0.15) is 17.0 Å². The average Bonchev–Trinajstić information content (AvgIpc) is 2.95. The summed E-state index contributed by atoms with van der Waals surface area (Å²) in [5.74, 6) is -0.766. The lowest BCUT2D eigenvalue weighted by Gasteiger charge is -2.20. The maximum absolute atomic E-state index is 13.9. The number of hydrogen-bond donors (Lipinski definition) is 0. The van der Waals surface area contributed by atoms with Gasteiger partial charge in [-0.15, -0.1) is 0 Å². The maximum Gasteiger partial charge on any atom is 0.285 e. The Balaban J connectivity index is 2.04. The zero-order chi connectivity index (χ0) is 16.7. The van der Waals surface area contributed by atoms with E-state index in [9.17, 15) is 9.18 Å². The smallest absolute Gasteiger partial charge is 0.266 e. The van der Waals surface area contributed by atoms with Gasteiger partial charge in [0, 0.05) is 17.0 Å². The molecule has 1 aliphatic heterocycles. The van der Waals surface area contributed by atoms with E-state index in [4.69, 9.17) is 23.8 Å². The zero-order valence-corrected chi connectivity index (χ0v) is 14.7. The van der Waals surface area contributed by atoms with Crippen LogP contribution in [0.3, 0.4) is 0 Å². The molecule has 118 valence electrons. The minimum absolute atomic E-state index is 0.190. The number of carbonyl (C=O) groups is 1. The summed E-state index contributed by atoms with van der Waals surface area (Å²) in [6, 6.07) is 8.22. The highest BCUT2D eigenvalue weighted by molar-refractivity contribution is 8.27. The SMILES string of the molecule is Cc1ccc(C)n1N1C(=O)/C(=C/c2c(F)cccc2Cl)SC1=S.